The minimum absolute atomic E-state index is 0.0812. The highest BCUT2D eigenvalue weighted by Crippen LogP contribution is 2.19. The lowest BCUT2D eigenvalue weighted by Crippen LogP contribution is -2.06. The van der Waals surface area contributed by atoms with Crippen molar-refractivity contribution >= 4 is 0 Å². The summed E-state index contributed by atoms with van der Waals surface area (Å²) in [6.07, 6.45) is 0.564. The first kappa shape index (κ1) is 15.3. The van der Waals surface area contributed by atoms with E-state index in [1.807, 2.05) is 24.3 Å². The van der Waals surface area contributed by atoms with Crippen LogP contribution >= 0.6 is 0 Å². The number of ether oxygens (including phenoxy) is 2. The van der Waals surface area contributed by atoms with Crippen LogP contribution in [0.1, 0.15) is 12.0 Å². The summed E-state index contributed by atoms with van der Waals surface area (Å²) in [6.45, 7) is 1.17. The smallest absolute Gasteiger partial charge is 0.200 e. The molecule has 2 aromatic carbocycles. The summed E-state index contributed by atoms with van der Waals surface area (Å²) in [5.74, 6) is -1.22. The van der Waals surface area contributed by atoms with Gasteiger partial charge in [0.2, 0.25) is 5.82 Å². The molecule has 0 amide bonds. The number of benzene rings is 2. The van der Waals surface area contributed by atoms with Crippen LogP contribution in [-0.2, 0) is 6.54 Å². The molecule has 5 heteroatoms. The minimum Gasteiger partial charge on any atom is -0.493 e. The second kappa shape index (κ2) is 7.59. The molecule has 0 aliphatic rings. The fraction of sp³-hybridized carbons (Fsp3) is 0.250. The number of hydrogen-bond acceptors (Lipinski definition) is 3. The van der Waals surface area contributed by atoms with Gasteiger partial charge < -0.3 is 15.2 Å². The SMILES string of the molecule is NCc1ccc(OCCCOc2cccc(F)c2F)cc1. The van der Waals surface area contributed by atoms with Crippen molar-refractivity contribution in [2.24, 2.45) is 5.73 Å². The van der Waals surface area contributed by atoms with E-state index < -0.39 is 11.6 Å². The maximum absolute atomic E-state index is 13.3. The molecule has 0 aliphatic carbocycles. The van der Waals surface area contributed by atoms with Crippen LogP contribution in [-0.4, -0.2) is 13.2 Å². The Morgan fingerprint density at radius 3 is 2.33 bits per heavy atom. The van der Waals surface area contributed by atoms with Crippen molar-refractivity contribution in [2.45, 2.75) is 13.0 Å². The third-order valence-electron chi connectivity index (χ3n) is 2.89. The van der Waals surface area contributed by atoms with Crippen molar-refractivity contribution in [1.82, 2.24) is 0 Å². The van der Waals surface area contributed by atoms with E-state index in [2.05, 4.69) is 0 Å². The Bertz CT molecular complexity index is 573. The minimum atomic E-state index is -0.962. The normalized spacial score (nSPS) is 10.4. The summed E-state index contributed by atoms with van der Waals surface area (Å²) in [7, 11) is 0. The monoisotopic (exact) mass is 293 g/mol. The lowest BCUT2D eigenvalue weighted by atomic mass is 10.2. The Morgan fingerprint density at radius 1 is 0.905 bits per heavy atom. The van der Waals surface area contributed by atoms with Gasteiger partial charge in [-0.2, -0.15) is 4.39 Å². The second-order valence-electron chi connectivity index (χ2n) is 4.45. The van der Waals surface area contributed by atoms with Crippen molar-refractivity contribution in [3.05, 3.63) is 59.7 Å². The van der Waals surface area contributed by atoms with Gasteiger partial charge in [-0.05, 0) is 29.8 Å². The summed E-state index contributed by atoms with van der Waals surface area (Å²) in [4.78, 5) is 0. The molecule has 2 aromatic rings. The van der Waals surface area contributed by atoms with E-state index in [0.717, 1.165) is 17.4 Å². The van der Waals surface area contributed by atoms with Crippen LogP contribution in [0, 0.1) is 11.6 Å². The summed E-state index contributed by atoms with van der Waals surface area (Å²) in [6, 6.07) is 11.3. The zero-order valence-corrected chi connectivity index (χ0v) is 11.5. The molecular weight excluding hydrogens is 276 g/mol. The Labute approximate surface area is 122 Å². The zero-order chi connectivity index (χ0) is 15.1. The summed E-state index contributed by atoms with van der Waals surface area (Å²) in [5.41, 5.74) is 6.54. The molecule has 0 radical (unpaired) electrons. The number of hydrogen-bond donors (Lipinski definition) is 1. The first-order valence-corrected chi connectivity index (χ1v) is 6.69. The maximum atomic E-state index is 13.3. The topological polar surface area (TPSA) is 44.5 Å². The van der Waals surface area contributed by atoms with Crippen LogP contribution < -0.4 is 15.2 Å². The number of nitrogens with two attached hydrogens (primary N) is 1. The van der Waals surface area contributed by atoms with Crippen molar-refractivity contribution < 1.29 is 18.3 Å². The molecule has 2 N–H and O–H groups in total. The fourth-order valence-electron chi connectivity index (χ4n) is 1.75. The van der Waals surface area contributed by atoms with Crippen molar-refractivity contribution in [3.8, 4) is 11.5 Å². The zero-order valence-electron chi connectivity index (χ0n) is 11.5. The highest BCUT2D eigenvalue weighted by Gasteiger charge is 2.08. The Hall–Kier alpha value is -2.14. The van der Waals surface area contributed by atoms with E-state index in [0.29, 0.717) is 19.6 Å². The molecular formula is C16H17F2NO2. The molecule has 0 saturated heterocycles. The molecule has 0 aliphatic heterocycles. The number of halogens is 2. The molecule has 2 rings (SSSR count). The van der Waals surface area contributed by atoms with Gasteiger partial charge in [-0.1, -0.05) is 18.2 Å². The van der Waals surface area contributed by atoms with Gasteiger partial charge in [-0.15, -0.1) is 0 Å². The van der Waals surface area contributed by atoms with Crippen molar-refractivity contribution in [1.29, 1.82) is 0 Å². The molecule has 0 spiro atoms. The Balaban J connectivity index is 1.71. The highest BCUT2D eigenvalue weighted by molar-refractivity contribution is 5.27. The van der Waals surface area contributed by atoms with E-state index >= 15 is 0 Å². The van der Waals surface area contributed by atoms with E-state index in [4.69, 9.17) is 15.2 Å². The van der Waals surface area contributed by atoms with Gasteiger partial charge in [0, 0.05) is 13.0 Å². The fourth-order valence-corrected chi connectivity index (χ4v) is 1.75. The number of rotatable bonds is 7. The van der Waals surface area contributed by atoms with Crippen LogP contribution in [0.3, 0.4) is 0 Å². The molecule has 0 bridgehead atoms. The van der Waals surface area contributed by atoms with E-state index in [1.54, 1.807) is 0 Å². The Kier molecular flexibility index (Phi) is 5.51. The van der Waals surface area contributed by atoms with Crippen molar-refractivity contribution in [3.63, 3.8) is 0 Å². The predicted octanol–water partition coefficient (Wildman–Crippen LogP) is 3.27. The summed E-state index contributed by atoms with van der Waals surface area (Å²) >= 11 is 0. The van der Waals surface area contributed by atoms with Crippen LogP contribution in [0.5, 0.6) is 11.5 Å². The average Bonchev–Trinajstić information content (AvgIpc) is 2.51. The van der Waals surface area contributed by atoms with Crippen LogP contribution in [0.15, 0.2) is 42.5 Å². The van der Waals surface area contributed by atoms with Gasteiger partial charge in [0.25, 0.3) is 0 Å². The maximum Gasteiger partial charge on any atom is 0.200 e. The first-order valence-electron chi connectivity index (χ1n) is 6.69. The van der Waals surface area contributed by atoms with E-state index in [9.17, 15) is 8.78 Å². The average molecular weight is 293 g/mol. The molecule has 3 nitrogen and oxygen atoms in total. The van der Waals surface area contributed by atoms with E-state index in [1.165, 1.54) is 12.1 Å². The molecule has 0 aromatic heterocycles. The summed E-state index contributed by atoms with van der Waals surface area (Å²) in [5, 5.41) is 0. The van der Waals surface area contributed by atoms with E-state index in [-0.39, 0.29) is 12.4 Å². The van der Waals surface area contributed by atoms with Gasteiger partial charge in [0.1, 0.15) is 5.75 Å². The van der Waals surface area contributed by atoms with Crippen molar-refractivity contribution in [2.75, 3.05) is 13.2 Å². The molecule has 112 valence electrons. The van der Waals surface area contributed by atoms with Crippen LogP contribution in [0.25, 0.3) is 0 Å². The Morgan fingerprint density at radius 2 is 1.62 bits per heavy atom. The molecule has 0 fully saturated rings. The van der Waals surface area contributed by atoms with Gasteiger partial charge >= 0.3 is 0 Å². The molecule has 0 unspecified atom stereocenters. The highest BCUT2D eigenvalue weighted by atomic mass is 19.2. The van der Waals surface area contributed by atoms with Gasteiger partial charge in [-0.25, -0.2) is 4.39 Å². The second-order valence-corrected chi connectivity index (χ2v) is 4.45. The van der Waals surface area contributed by atoms with Gasteiger partial charge in [0.05, 0.1) is 13.2 Å². The molecule has 0 atom stereocenters. The summed E-state index contributed by atoms with van der Waals surface area (Å²) < 4.78 is 36.9. The lowest BCUT2D eigenvalue weighted by molar-refractivity contribution is 0.239. The molecule has 0 heterocycles. The first-order chi connectivity index (χ1) is 10.2. The van der Waals surface area contributed by atoms with Gasteiger partial charge in [-0.3, -0.25) is 0 Å². The van der Waals surface area contributed by atoms with Crippen LogP contribution in [0.2, 0.25) is 0 Å². The third-order valence-corrected chi connectivity index (χ3v) is 2.89. The largest absolute Gasteiger partial charge is 0.493 e. The molecule has 21 heavy (non-hydrogen) atoms. The predicted molar refractivity (Wildman–Crippen MR) is 76.3 cm³/mol. The standard InChI is InChI=1S/C16H17F2NO2/c17-14-3-1-4-15(16(14)18)21-10-2-9-20-13-7-5-12(11-19)6-8-13/h1,3-8H,2,9-11,19H2. The van der Waals surface area contributed by atoms with Gasteiger partial charge in [0.15, 0.2) is 11.6 Å². The molecule has 0 saturated carbocycles. The quantitative estimate of drug-likeness (QED) is 0.797. The third kappa shape index (κ3) is 4.43. The lowest BCUT2D eigenvalue weighted by Gasteiger charge is -2.09. The van der Waals surface area contributed by atoms with Crippen LogP contribution in [0.4, 0.5) is 8.78 Å².